The molecule has 0 saturated carbocycles. The van der Waals surface area contributed by atoms with E-state index >= 15 is 0 Å². The molecule has 0 aliphatic rings. The van der Waals surface area contributed by atoms with Gasteiger partial charge in [0.05, 0.1) is 40.1 Å². The van der Waals surface area contributed by atoms with Gasteiger partial charge in [-0.05, 0) is 30.3 Å². The number of rotatable bonds is 6. The third-order valence-corrected chi connectivity index (χ3v) is 8.54. The maximum absolute atomic E-state index is 13.3. The van der Waals surface area contributed by atoms with Gasteiger partial charge in [-0.3, -0.25) is 25.2 Å². The van der Waals surface area contributed by atoms with Crippen molar-refractivity contribution in [1.82, 2.24) is 9.97 Å². The van der Waals surface area contributed by atoms with E-state index in [1.54, 1.807) is 12.1 Å². The number of amides is 2. The van der Waals surface area contributed by atoms with Crippen LogP contribution in [-0.2, 0) is 10.0 Å². The standard InChI is InChI=1S/C23H18Cl2N6O6S/c1-31(2,38(36,37)15-6-4-3-5-7-15)23(33)27-19-12-14(30(34)35)11-16-20(19)28-22(29-21(16)32)26-13-8-9-17(24)18(25)10-13/h3-12H,1-2H3,(H2-,26,27,28,29,32,33)/p+1. The van der Waals surface area contributed by atoms with Crippen molar-refractivity contribution in [1.29, 1.82) is 0 Å². The average Bonchev–Trinajstić information content (AvgIpc) is 2.87. The molecule has 0 atom stereocenters. The molecule has 0 saturated heterocycles. The smallest absolute Gasteiger partial charge is 0.326 e. The van der Waals surface area contributed by atoms with Gasteiger partial charge in [-0.2, -0.15) is 8.42 Å². The van der Waals surface area contributed by atoms with E-state index in [1.165, 1.54) is 36.4 Å². The van der Waals surface area contributed by atoms with Crippen molar-refractivity contribution in [3.8, 4) is 0 Å². The number of aromatic amines is 1. The molecule has 3 N–H and O–H groups in total. The van der Waals surface area contributed by atoms with Gasteiger partial charge in [-0.25, -0.2) is 9.78 Å². The van der Waals surface area contributed by atoms with Gasteiger partial charge in [0.15, 0.2) is 0 Å². The largest absolute Gasteiger partial charge is 0.436 e. The van der Waals surface area contributed by atoms with Crippen LogP contribution in [-0.4, -0.2) is 47.3 Å². The summed E-state index contributed by atoms with van der Waals surface area (Å²) in [5, 5.41) is 17.1. The van der Waals surface area contributed by atoms with E-state index in [0.717, 1.165) is 26.2 Å². The van der Waals surface area contributed by atoms with Gasteiger partial charge in [0.1, 0.15) is 10.4 Å². The number of carbonyl (C=O) groups is 1. The number of halogens is 2. The van der Waals surface area contributed by atoms with Gasteiger partial charge >= 0.3 is 16.1 Å². The summed E-state index contributed by atoms with van der Waals surface area (Å²) in [6, 6.07) is 12.9. The van der Waals surface area contributed by atoms with Gasteiger partial charge < -0.3 is 5.32 Å². The van der Waals surface area contributed by atoms with E-state index < -0.39 is 36.1 Å². The van der Waals surface area contributed by atoms with Crippen LogP contribution in [0.3, 0.4) is 0 Å². The number of hydrogen-bond acceptors (Lipinski definition) is 8. The summed E-state index contributed by atoms with van der Waals surface area (Å²) in [7, 11) is -1.94. The number of non-ortho nitro benzene ring substituents is 1. The number of nitrogens with one attached hydrogen (secondary N) is 3. The molecule has 0 aliphatic carbocycles. The Labute approximate surface area is 225 Å². The maximum atomic E-state index is 13.3. The Hall–Kier alpha value is -4.04. The normalized spacial score (nSPS) is 11.8. The molecule has 38 heavy (non-hydrogen) atoms. The van der Waals surface area contributed by atoms with Crippen LogP contribution in [0.4, 0.5) is 27.8 Å². The first-order valence-electron chi connectivity index (χ1n) is 10.7. The van der Waals surface area contributed by atoms with E-state index in [4.69, 9.17) is 23.2 Å². The highest BCUT2D eigenvalue weighted by Gasteiger charge is 2.42. The highest BCUT2D eigenvalue weighted by molar-refractivity contribution is 7.86. The summed E-state index contributed by atoms with van der Waals surface area (Å²) in [6.07, 6.45) is 0. The fraction of sp³-hybridized carbons (Fsp3) is 0.0870. The quantitative estimate of drug-likeness (QED) is 0.166. The Kier molecular flexibility index (Phi) is 7.12. The van der Waals surface area contributed by atoms with Gasteiger partial charge in [-0.1, -0.05) is 41.4 Å². The fourth-order valence-corrected chi connectivity index (χ4v) is 5.00. The summed E-state index contributed by atoms with van der Waals surface area (Å²) in [5.74, 6) is -0.0732. The SMILES string of the molecule is C[N+](C)(C(=O)Nc1cc([N+](=O)[O-])cc2c(=O)[nH]c(Nc3ccc(Cl)c(Cl)c3)nc12)S(=O)(=O)c1ccccc1. The number of hydrogen-bond donors (Lipinski definition) is 3. The molecular weight excluding hydrogens is 559 g/mol. The number of nitrogens with zero attached hydrogens (tertiary/aromatic N) is 3. The monoisotopic (exact) mass is 577 g/mol. The molecule has 0 radical (unpaired) electrons. The van der Waals surface area contributed by atoms with E-state index in [-0.39, 0.29) is 32.5 Å². The second-order valence-electron chi connectivity index (χ2n) is 8.38. The van der Waals surface area contributed by atoms with E-state index in [0.29, 0.717) is 10.7 Å². The maximum Gasteiger partial charge on any atom is 0.436 e. The van der Waals surface area contributed by atoms with E-state index in [9.17, 15) is 28.1 Å². The molecule has 0 spiro atoms. The van der Waals surface area contributed by atoms with E-state index in [2.05, 4.69) is 20.6 Å². The molecule has 0 aliphatic heterocycles. The molecule has 1 aromatic heterocycles. The third kappa shape index (κ3) is 5.04. The number of quaternary nitrogens is 1. The predicted octanol–water partition coefficient (Wildman–Crippen LogP) is 4.88. The minimum absolute atomic E-state index is 0.0732. The second-order valence-corrected chi connectivity index (χ2v) is 11.5. The first-order chi connectivity index (χ1) is 17.8. The topological polar surface area (TPSA) is 164 Å². The minimum atomic E-state index is -4.23. The number of aromatic nitrogens is 2. The minimum Gasteiger partial charge on any atom is -0.326 e. The fourth-order valence-electron chi connectivity index (χ4n) is 3.41. The molecule has 4 aromatic rings. The van der Waals surface area contributed by atoms with Crippen LogP contribution in [0.1, 0.15) is 0 Å². The van der Waals surface area contributed by atoms with Crippen LogP contribution in [0, 0.1) is 10.1 Å². The molecule has 0 bridgehead atoms. The number of fused-ring (bicyclic) bond motifs is 1. The van der Waals surface area contributed by atoms with Crippen molar-refractivity contribution in [3.63, 3.8) is 0 Å². The van der Waals surface area contributed by atoms with Crippen molar-refractivity contribution in [2.24, 2.45) is 0 Å². The Balaban J connectivity index is 1.80. The molecule has 4 rings (SSSR count). The lowest BCUT2D eigenvalue weighted by Crippen LogP contribution is -2.52. The van der Waals surface area contributed by atoms with Crippen LogP contribution >= 0.6 is 23.2 Å². The van der Waals surface area contributed by atoms with Crippen molar-refractivity contribution in [2.45, 2.75) is 4.90 Å². The zero-order valence-electron chi connectivity index (χ0n) is 19.7. The van der Waals surface area contributed by atoms with Crippen molar-refractivity contribution in [3.05, 3.63) is 91.2 Å². The number of benzene rings is 3. The average molecular weight is 578 g/mol. The number of carbonyl (C=O) groups excluding carboxylic acids is 1. The molecule has 0 unspecified atom stereocenters. The molecule has 3 aromatic carbocycles. The molecule has 196 valence electrons. The number of H-pyrrole nitrogens is 1. The number of urea groups is 1. The number of nitro benzene ring substituents is 1. The highest BCUT2D eigenvalue weighted by Crippen LogP contribution is 2.30. The first-order valence-corrected chi connectivity index (χ1v) is 12.9. The lowest BCUT2D eigenvalue weighted by molar-refractivity contribution is -0.669. The van der Waals surface area contributed by atoms with Gasteiger partial charge in [0.25, 0.3) is 11.2 Å². The van der Waals surface area contributed by atoms with Crippen LogP contribution in [0.25, 0.3) is 10.9 Å². The Bertz CT molecular complexity index is 1760. The molecule has 1 heterocycles. The van der Waals surface area contributed by atoms with Crippen molar-refractivity contribution in [2.75, 3.05) is 24.7 Å². The molecule has 2 amide bonds. The van der Waals surface area contributed by atoms with Crippen LogP contribution in [0.2, 0.25) is 10.0 Å². The number of sulfonamides is 1. The van der Waals surface area contributed by atoms with E-state index in [1.807, 2.05) is 0 Å². The zero-order chi connectivity index (χ0) is 27.8. The second kappa shape index (κ2) is 10.0. The summed E-state index contributed by atoms with van der Waals surface area (Å²) in [4.78, 5) is 43.6. The lowest BCUT2D eigenvalue weighted by atomic mass is 10.2. The molecular formula is C23H19Cl2N6O6S+. The van der Waals surface area contributed by atoms with Crippen LogP contribution in [0.5, 0.6) is 0 Å². The van der Waals surface area contributed by atoms with Crippen LogP contribution < -0.4 is 16.2 Å². The van der Waals surface area contributed by atoms with Gasteiger partial charge in [-0.15, -0.1) is 3.89 Å². The summed E-state index contributed by atoms with van der Waals surface area (Å²) < 4.78 is 25.2. The Morgan fingerprint density at radius 1 is 1.05 bits per heavy atom. The molecule has 12 nitrogen and oxygen atoms in total. The number of anilines is 3. The Morgan fingerprint density at radius 2 is 1.74 bits per heavy atom. The lowest BCUT2D eigenvalue weighted by Gasteiger charge is -2.25. The van der Waals surface area contributed by atoms with Crippen LogP contribution in [0.15, 0.2) is 70.4 Å². The van der Waals surface area contributed by atoms with Crippen molar-refractivity contribution < 1.29 is 22.0 Å². The van der Waals surface area contributed by atoms with Gasteiger partial charge in [0, 0.05) is 17.8 Å². The predicted molar refractivity (Wildman–Crippen MR) is 144 cm³/mol. The zero-order valence-corrected chi connectivity index (χ0v) is 22.1. The third-order valence-electron chi connectivity index (χ3n) is 5.56. The highest BCUT2D eigenvalue weighted by atomic mass is 35.5. The molecule has 0 fully saturated rings. The summed E-state index contributed by atoms with van der Waals surface area (Å²) >= 11 is 12.0. The van der Waals surface area contributed by atoms with Crippen molar-refractivity contribution >= 4 is 73.2 Å². The number of nitro groups is 1. The van der Waals surface area contributed by atoms with Gasteiger partial charge in [0.2, 0.25) is 5.95 Å². The first kappa shape index (κ1) is 27.0. The molecule has 15 heteroatoms. The Morgan fingerprint density at radius 3 is 2.37 bits per heavy atom. The summed E-state index contributed by atoms with van der Waals surface area (Å²) in [6.45, 7) is 0. The summed E-state index contributed by atoms with van der Waals surface area (Å²) in [5.41, 5.74) is -1.20.